The highest BCUT2D eigenvalue weighted by Gasteiger charge is 2.21. The number of pyridine rings is 1. The number of hydrogen-bond acceptors (Lipinski definition) is 3. The largest absolute Gasteiger partial charge is 0.309 e. The minimum absolute atomic E-state index is 0.380. The first-order valence-electron chi connectivity index (χ1n) is 15.5. The van der Waals surface area contributed by atoms with Crippen LogP contribution < -0.4 is 0 Å². The third-order valence-corrected chi connectivity index (χ3v) is 10.2. The summed E-state index contributed by atoms with van der Waals surface area (Å²) >= 11 is 1.78. The third-order valence-electron chi connectivity index (χ3n) is 9.04. The molecule has 0 atom stereocenters. The Hall–Kier alpha value is -5.26. The zero-order chi connectivity index (χ0) is 30.2. The molecule has 0 aliphatic heterocycles. The van der Waals surface area contributed by atoms with Gasteiger partial charge in [0.1, 0.15) is 10.7 Å². The van der Waals surface area contributed by atoms with E-state index in [4.69, 9.17) is 9.97 Å². The summed E-state index contributed by atoms with van der Waals surface area (Å²) in [5, 5.41) is 4.97. The van der Waals surface area contributed by atoms with Crippen molar-refractivity contribution in [3.05, 3.63) is 133 Å². The standard InChI is InChI=1S/C40H30N4S/c1-24(2)32-22-21-30-37-25(3)17-19-31(38(37)45-40(30)42-32)39-41-33-14-8-10-16-35(33)44(39)27-18-20-29-28-13-7-9-15-34(28)43(36(29)23-27)26-11-5-4-6-12-26/h4-24H,1-3H3. The third kappa shape index (κ3) is 3.90. The Morgan fingerprint density at radius 1 is 0.600 bits per heavy atom. The second-order valence-corrected chi connectivity index (χ2v) is 13.1. The molecule has 9 aromatic rings. The molecule has 9 rings (SSSR count). The van der Waals surface area contributed by atoms with Gasteiger partial charge in [-0.2, -0.15) is 0 Å². The van der Waals surface area contributed by atoms with Gasteiger partial charge in [-0.25, -0.2) is 9.97 Å². The maximum atomic E-state index is 5.30. The van der Waals surface area contributed by atoms with Crippen LogP contribution in [0.25, 0.3) is 75.9 Å². The highest BCUT2D eigenvalue weighted by molar-refractivity contribution is 7.26. The summed E-state index contributed by atoms with van der Waals surface area (Å²) in [6.07, 6.45) is 0. The number of fused-ring (bicyclic) bond motifs is 7. The van der Waals surface area contributed by atoms with Crippen molar-refractivity contribution in [2.75, 3.05) is 0 Å². The Bertz CT molecular complexity index is 2580. The molecule has 4 heterocycles. The summed E-state index contributed by atoms with van der Waals surface area (Å²) in [4.78, 5) is 11.5. The Labute approximate surface area is 264 Å². The van der Waals surface area contributed by atoms with Crippen LogP contribution in [0.1, 0.15) is 31.0 Å². The molecular formula is C40H30N4S. The van der Waals surface area contributed by atoms with E-state index in [0.717, 1.165) is 44.3 Å². The van der Waals surface area contributed by atoms with E-state index in [2.05, 4.69) is 151 Å². The lowest BCUT2D eigenvalue weighted by molar-refractivity contribution is 0.831. The SMILES string of the molecule is Cc1ccc(-c2nc3ccccc3n2-c2ccc3c4ccccc4n(-c4ccccc4)c3c2)c2sc3nc(C(C)C)ccc3c12. The lowest BCUT2D eigenvalue weighted by Crippen LogP contribution is -1.99. The van der Waals surface area contributed by atoms with Crippen LogP contribution >= 0.6 is 11.3 Å². The zero-order valence-corrected chi connectivity index (χ0v) is 26.1. The van der Waals surface area contributed by atoms with Crippen molar-refractivity contribution in [3.63, 3.8) is 0 Å². The van der Waals surface area contributed by atoms with E-state index in [1.165, 1.54) is 42.8 Å². The maximum absolute atomic E-state index is 5.30. The van der Waals surface area contributed by atoms with E-state index in [0.29, 0.717) is 5.92 Å². The fourth-order valence-electron chi connectivity index (χ4n) is 6.86. The van der Waals surface area contributed by atoms with Gasteiger partial charge < -0.3 is 4.57 Å². The average Bonchev–Trinajstić information content (AvgIpc) is 3.75. The molecule has 0 saturated carbocycles. The summed E-state index contributed by atoms with van der Waals surface area (Å²) in [7, 11) is 0. The number of hydrogen-bond donors (Lipinski definition) is 0. The van der Waals surface area contributed by atoms with Crippen LogP contribution in [-0.4, -0.2) is 19.1 Å². The van der Waals surface area contributed by atoms with Crippen LogP contribution in [0, 0.1) is 6.92 Å². The summed E-state index contributed by atoms with van der Waals surface area (Å²) < 4.78 is 5.94. The topological polar surface area (TPSA) is 35.6 Å². The van der Waals surface area contributed by atoms with Crippen molar-refractivity contribution in [3.8, 4) is 22.8 Å². The van der Waals surface area contributed by atoms with Gasteiger partial charge in [0.15, 0.2) is 0 Å². The molecule has 45 heavy (non-hydrogen) atoms. The zero-order valence-electron chi connectivity index (χ0n) is 25.3. The van der Waals surface area contributed by atoms with Crippen LogP contribution in [0.4, 0.5) is 0 Å². The highest BCUT2D eigenvalue weighted by atomic mass is 32.1. The molecule has 4 aromatic heterocycles. The number of nitrogens with zero attached hydrogens (tertiary/aromatic N) is 4. The van der Waals surface area contributed by atoms with Gasteiger partial charge in [-0.05, 0) is 79.1 Å². The molecule has 216 valence electrons. The van der Waals surface area contributed by atoms with E-state index in [-0.39, 0.29) is 0 Å². The molecule has 4 nitrogen and oxygen atoms in total. The molecule has 0 spiro atoms. The van der Waals surface area contributed by atoms with Crippen LogP contribution in [-0.2, 0) is 0 Å². The minimum Gasteiger partial charge on any atom is -0.309 e. The molecular weight excluding hydrogens is 569 g/mol. The van der Waals surface area contributed by atoms with Crippen LogP contribution in [0.3, 0.4) is 0 Å². The first-order valence-corrected chi connectivity index (χ1v) is 16.3. The molecule has 0 radical (unpaired) electrons. The number of benzene rings is 5. The van der Waals surface area contributed by atoms with E-state index >= 15 is 0 Å². The number of para-hydroxylation sites is 4. The van der Waals surface area contributed by atoms with Crippen LogP contribution in [0.5, 0.6) is 0 Å². The van der Waals surface area contributed by atoms with Crippen molar-refractivity contribution in [1.82, 2.24) is 19.1 Å². The molecule has 0 saturated heterocycles. The molecule has 5 aromatic carbocycles. The van der Waals surface area contributed by atoms with Crippen LogP contribution in [0.15, 0.2) is 121 Å². The molecule has 0 aliphatic carbocycles. The van der Waals surface area contributed by atoms with Gasteiger partial charge in [0.05, 0.1) is 22.1 Å². The molecule has 0 unspecified atom stereocenters. The predicted octanol–water partition coefficient (Wildman–Crippen LogP) is 11.0. The van der Waals surface area contributed by atoms with Gasteiger partial charge >= 0.3 is 0 Å². The number of rotatable bonds is 4. The molecule has 0 aliphatic rings. The first-order chi connectivity index (χ1) is 22.1. The average molecular weight is 599 g/mol. The highest BCUT2D eigenvalue weighted by Crippen LogP contribution is 2.43. The Morgan fingerprint density at radius 2 is 1.33 bits per heavy atom. The smallest absolute Gasteiger partial charge is 0.147 e. The van der Waals surface area contributed by atoms with Gasteiger partial charge in [-0.1, -0.05) is 74.5 Å². The lowest BCUT2D eigenvalue weighted by Gasteiger charge is -2.13. The monoisotopic (exact) mass is 598 g/mol. The number of imidazole rings is 1. The Kier molecular flexibility index (Phi) is 5.74. The summed E-state index contributed by atoms with van der Waals surface area (Å²) in [5.74, 6) is 1.32. The second-order valence-electron chi connectivity index (χ2n) is 12.1. The van der Waals surface area contributed by atoms with Crippen molar-refractivity contribution in [1.29, 1.82) is 0 Å². The lowest BCUT2D eigenvalue weighted by atomic mass is 10.0. The fourth-order valence-corrected chi connectivity index (χ4v) is 8.13. The van der Waals surface area contributed by atoms with E-state index in [1.54, 1.807) is 11.3 Å². The van der Waals surface area contributed by atoms with Crippen LogP contribution in [0.2, 0.25) is 0 Å². The van der Waals surface area contributed by atoms with Gasteiger partial charge in [0, 0.05) is 48.9 Å². The second kappa shape index (κ2) is 9.88. The molecule has 0 amide bonds. The van der Waals surface area contributed by atoms with E-state index in [1.807, 2.05) is 0 Å². The van der Waals surface area contributed by atoms with Gasteiger partial charge in [-0.3, -0.25) is 4.57 Å². The minimum atomic E-state index is 0.380. The first kappa shape index (κ1) is 26.2. The van der Waals surface area contributed by atoms with E-state index < -0.39 is 0 Å². The summed E-state index contributed by atoms with van der Waals surface area (Å²) in [6.45, 7) is 6.61. The van der Waals surface area contributed by atoms with Gasteiger partial charge in [0.25, 0.3) is 0 Å². The number of aromatic nitrogens is 4. The Morgan fingerprint density at radius 3 is 2.18 bits per heavy atom. The fraction of sp³-hybridized carbons (Fsp3) is 0.100. The molecule has 0 bridgehead atoms. The Balaban J connectivity index is 1.35. The quantitative estimate of drug-likeness (QED) is 0.202. The molecule has 0 fully saturated rings. The summed E-state index contributed by atoms with van der Waals surface area (Å²) in [5.41, 5.74) is 10.2. The number of thiophene rings is 1. The van der Waals surface area contributed by atoms with Crippen molar-refractivity contribution < 1.29 is 0 Å². The van der Waals surface area contributed by atoms with Crippen molar-refractivity contribution in [2.24, 2.45) is 0 Å². The van der Waals surface area contributed by atoms with Crippen molar-refractivity contribution >= 4 is 64.5 Å². The predicted molar refractivity (Wildman–Crippen MR) is 190 cm³/mol. The number of aryl methyl sites for hydroxylation is 1. The molecule has 0 N–H and O–H groups in total. The van der Waals surface area contributed by atoms with E-state index in [9.17, 15) is 0 Å². The maximum Gasteiger partial charge on any atom is 0.147 e. The summed E-state index contributed by atoms with van der Waals surface area (Å²) in [6, 6.07) is 43.5. The molecule has 5 heteroatoms. The van der Waals surface area contributed by atoms with Crippen molar-refractivity contribution in [2.45, 2.75) is 26.7 Å². The van der Waals surface area contributed by atoms with Gasteiger partial charge in [-0.15, -0.1) is 11.3 Å². The normalized spacial score (nSPS) is 12.1. The van der Waals surface area contributed by atoms with Gasteiger partial charge in [0.2, 0.25) is 0 Å².